The minimum Gasteiger partial charge on any atom is -0.392 e. The van der Waals surface area contributed by atoms with Gasteiger partial charge in [-0.1, -0.05) is 32.1 Å². The smallest absolute Gasteiger partial charge is 0.225 e. The van der Waals surface area contributed by atoms with Gasteiger partial charge < -0.3 is 10.4 Å². The molecule has 7 atom stereocenters. The molecule has 3 rings (SSSR count). The number of carbonyl (C=O) groups is 3. The highest BCUT2D eigenvalue weighted by molar-refractivity contribution is 5.89. The fourth-order valence-electron chi connectivity index (χ4n) is 5.82. The van der Waals surface area contributed by atoms with Crippen LogP contribution in [0.2, 0.25) is 0 Å². The van der Waals surface area contributed by atoms with E-state index in [4.69, 9.17) is 0 Å². The molecule has 0 spiro atoms. The summed E-state index contributed by atoms with van der Waals surface area (Å²) in [5, 5.41) is 13.6. The predicted octanol–water partition coefficient (Wildman–Crippen LogP) is 2.64. The topological polar surface area (TPSA) is 83.5 Å². The average molecular weight is 363 g/mol. The molecule has 7 unspecified atom stereocenters. The first-order valence-corrected chi connectivity index (χ1v) is 10.4. The molecular weight excluding hydrogens is 330 g/mol. The van der Waals surface area contributed by atoms with Crippen LogP contribution in [0.25, 0.3) is 0 Å². The van der Waals surface area contributed by atoms with Crippen molar-refractivity contribution in [2.75, 3.05) is 0 Å². The van der Waals surface area contributed by atoms with Gasteiger partial charge in [-0.2, -0.15) is 0 Å². The monoisotopic (exact) mass is 363 g/mol. The van der Waals surface area contributed by atoms with Crippen LogP contribution in [0.1, 0.15) is 71.6 Å². The molecule has 3 fully saturated rings. The van der Waals surface area contributed by atoms with Crippen molar-refractivity contribution in [3.05, 3.63) is 0 Å². The fraction of sp³-hybridized carbons (Fsp3) is 0.857. The third kappa shape index (κ3) is 4.03. The number of hydrogen-bond donors (Lipinski definition) is 2. The summed E-state index contributed by atoms with van der Waals surface area (Å²) in [6.07, 6.45) is 7.98. The largest absolute Gasteiger partial charge is 0.392 e. The number of rotatable bonds is 4. The van der Waals surface area contributed by atoms with Crippen molar-refractivity contribution in [1.29, 1.82) is 0 Å². The molecule has 3 aliphatic rings. The number of amides is 1. The predicted molar refractivity (Wildman–Crippen MR) is 98.3 cm³/mol. The molecule has 5 nitrogen and oxygen atoms in total. The van der Waals surface area contributed by atoms with Crippen LogP contribution in [0.5, 0.6) is 0 Å². The minimum absolute atomic E-state index is 0.0215. The first-order valence-electron chi connectivity index (χ1n) is 10.4. The molecule has 146 valence electrons. The van der Waals surface area contributed by atoms with E-state index >= 15 is 0 Å². The van der Waals surface area contributed by atoms with Gasteiger partial charge in [0.1, 0.15) is 11.6 Å². The van der Waals surface area contributed by atoms with E-state index in [1.165, 1.54) is 26.2 Å². The summed E-state index contributed by atoms with van der Waals surface area (Å²) in [6.45, 7) is 3.06. The zero-order chi connectivity index (χ0) is 18.8. The number of Topliss-reactive ketones (excluding diaryl/α,β-unsaturated/α-hetero) is 2. The Hall–Kier alpha value is -1.23. The van der Waals surface area contributed by atoms with Crippen molar-refractivity contribution >= 4 is 17.5 Å². The van der Waals surface area contributed by atoms with E-state index in [-0.39, 0.29) is 35.4 Å². The molecule has 0 aromatic rings. The van der Waals surface area contributed by atoms with E-state index in [1.807, 2.05) is 0 Å². The summed E-state index contributed by atoms with van der Waals surface area (Å²) in [5.41, 5.74) is 0. The standard InChI is InChI=1S/C21H33NO4/c1-12(23)16-8-5-9-18(20(16)13(2)24)22-21(26)17-10-14-6-3-4-7-15(14)11-19(17)25/h14-20,25H,3-11H2,1-2H3,(H,22,26). The molecule has 5 heteroatoms. The average Bonchev–Trinajstić information content (AvgIpc) is 2.60. The van der Waals surface area contributed by atoms with Gasteiger partial charge in [0.05, 0.1) is 12.0 Å². The van der Waals surface area contributed by atoms with E-state index in [9.17, 15) is 19.5 Å². The summed E-state index contributed by atoms with van der Waals surface area (Å²) >= 11 is 0. The first kappa shape index (κ1) is 19.5. The zero-order valence-corrected chi connectivity index (χ0v) is 16.1. The van der Waals surface area contributed by atoms with Crippen LogP contribution < -0.4 is 5.32 Å². The van der Waals surface area contributed by atoms with Crippen LogP contribution >= 0.6 is 0 Å². The molecule has 3 saturated carbocycles. The molecule has 1 amide bonds. The molecule has 0 aromatic heterocycles. The Kier molecular flexibility index (Phi) is 6.16. The number of aliphatic hydroxyl groups is 1. The van der Waals surface area contributed by atoms with Crippen LogP contribution in [0, 0.1) is 29.6 Å². The summed E-state index contributed by atoms with van der Waals surface area (Å²) in [5.74, 6) is -0.0911. The number of ketones is 2. The molecule has 2 N–H and O–H groups in total. The van der Waals surface area contributed by atoms with Gasteiger partial charge >= 0.3 is 0 Å². The van der Waals surface area contributed by atoms with E-state index in [0.717, 1.165) is 38.5 Å². The Morgan fingerprint density at radius 3 is 2.08 bits per heavy atom. The van der Waals surface area contributed by atoms with Gasteiger partial charge in [0, 0.05) is 17.9 Å². The Morgan fingerprint density at radius 2 is 1.46 bits per heavy atom. The van der Waals surface area contributed by atoms with E-state index in [2.05, 4.69) is 5.32 Å². The molecular formula is C21H33NO4. The van der Waals surface area contributed by atoms with Gasteiger partial charge in [-0.15, -0.1) is 0 Å². The molecule has 0 bridgehead atoms. The molecule has 0 saturated heterocycles. The number of carbonyl (C=O) groups excluding carboxylic acids is 3. The molecule has 26 heavy (non-hydrogen) atoms. The highest BCUT2D eigenvalue weighted by atomic mass is 16.3. The second-order valence-corrected chi connectivity index (χ2v) is 8.85. The molecule has 0 aliphatic heterocycles. The van der Waals surface area contributed by atoms with E-state index in [1.54, 1.807) is 6.92 Å². The molecule has 0 radical (unpaired) electrons. The summed E-state index contributed by atoms with van der Waals surface area (Å²) in [6, 6.07) is -0.279. The van der Waals surface area contributed by atoms with E-state index in [0.29, 0.717) is 11.8 Å². The fourth-order valence-corrected chi connectivity index (χ4v) is 5.82. The van der Waals surface area contributed by atoms with Gasteiger partial charge in [0.2, 0.25) is 5.91 Å². The van der Waals surface area contributed by atoms with Crippen molar-refractivity contribution in [2.24, 2.45) is 29.6 Å². The zero-order valence-electron chi connectivity index (χ0n) is 16.1. The third-order valence-electron chi connectivity index (χ3n) is 7.19. The third-order valence-corrected chi connectivity index (χ3v) is 7.19. The SMILES string of the molecule is CC(=O)C1CCCC(NC(=O)C2CC3CCCCC3CC2O)C1C(C)=O. The summed E-state index contributed by atoms with van der Waals surface area (Å²) in [4.78, 5) is 37.1. The maximum absolute atomic E-state index is 12.9. The van der Waals surface area contributed by atoms with Crippen molar-refractivity contribution in [3.63, 3.8) is 0 Å². The van der Waals surface area contributed by atoms with Gasteiger partial charge in [-0.25, -0.2) is 0 Å². The van der Waals surface area contributed by atoms with Gasteiger partial charge in [-0.3, -0.25) is 14.4 Å². The van der Waals surface area contributed by atoms with Crippen LogP contribution in [0.4, 0.5) is 0 Å². The Morgan fingerprint density at radius 1 is 0.808 bits per heavy atom. The molecule has 0 heterocycles. The van der Waals surface area contributed by atoms with Gasteiger partial charge in [0.15, 0.2) is 0 Å². The lowest BCUT2D eigenvalue weighted by atomic mass is 9.66. The lowest BCUT2D eigenvalue weighted by Gasteiger charge is -2.42. The minimum atomic E-state index is -0.586. The number of fused-ring (bicyclic) bond motifs is 1. The maximum Gasteiger partial charge on any atom is 0.225 e. The van der Waals surface area contributed by atoms with Gasteiger partial charge in [-0.05, 0) is 51.4 Å². The second-order valence-electron chi connectivity index (χ2n) is 8.85. The highest BCUT2D eigenvalue weighted by Crippen LogP contribution is 2.43. The van der Waals surface area contributed by atoms with Crippen LogP contribution in [-0.2, 0) is 14.4 Å². The molecule has 3 aliphatic carbocycles. The summed E-state index contributed by atoms with van der Waals surface area (Å²) in [7, 11) is 0. The van der Waals surface area contributed by atoms with E-state index < -0.39 is 12.0 Å². The van der Waals surface area contributed by atoms with Crippen molar-refractivity contribution in [2.45, 2.75) is 83.8 Å². The number of nitrogens with one attached hydrogen (secondary N) is 1. The van der Waals surface area contributed by atoms with Crippen molar-refractivity contribution in [1.82, 2.24) is 5.32 Å². The quantitative estimate of drug-likeness (QED) is 0.804. The first-order chi connectivity index (χ1) is 12.4. The van der Waals surface area contributed by atoms with Crippen molar-refractivity contribution < 1.29 is 19.5 Å². The Bertz CT molecular complexity index is 560. The van der Waals surface area contributed by atoms with Crippen LogP contribution in [-0.4, -0.2) is 34.7 Å². The normalized spacial score (nSPS) is 40.3. The summed E-state index contributed by atoms with van der Waals surface area (Å²) < 4.78 is 0. The van der Waals surface area contributed by atoms with Crippen LogP contribution in [0.15, 0.2) is 0 Å². The Labute approximate surface area is 156 Å². The lowest BCUT2D eigenvalue weighted by molar-refractivity contribution is -0.138. The number of aliphatic hydroxyl groups excluding tert-OH is 1. The molecule has 0 aromatic carbocycles. The maximum atomic E-state index is 12.9. The highest BCUT2D eigenvalue weighted by Gasteiger charge is 2.43. The number of hydrogen-bond acceptors (Lipinski definition) is 4. The Balaban J connectivity index is 1.67. The van der Waals surface area contributed by atoms with Crippen LogP contribution in [0.3, 0.4) is 0 Å². The second kappa shape index (κ2) is 8.20. The lowest BCUT2D eigenvalue weighted by Crippen LogP contribution is -2.53. The van der Waals surface area contributed by atoms with Gasteiger partial charge in [0.25, 0.3) is 0 Å². The van der Waals surface area contributed by atoms with Crippen molar-refractivity contribution in [3.8, 4) is 0 Å².